The lowest BCUT2D eigenvalue weighted by Gasteiger charge is -2.04. The van der Waals surface area contributed by atoms with Crippen molar-refractivity contribution in [1.29, 1.82) is 0 Å². The summed E-state index contributed by atoms with van der Waals surface area (Å²) in [5, 5.41) is 8.66. The second-order valence-electron chi connectivity index (χ2n) is 2.13. The summed E-state index contributed by atoms with van der Waals surface area (Å²) in [6.07, 6.45) is 0. The molecule has 1 aromatic rings. The molecule has 0 heterocycles. The zero-order valence-electron chi connectivity index (χ0n) is 5.84. The molecule has 64 valence electrons. The molecule has 0 aromatic heterocycles. The van der Waals surface area contributed by atoms with Gasteiger partial charge in [-0.25, -0.2) is 4.79 Å². The summed E-state index contributed by atoms with van der Waals surface area (Å²) < 4.78 is 1.31. The predicted octanol–water partition coefficient (Wildman–Crippen LogP) is 2.49. The van der Waals surface area contributed by atoms with Gasteiger partial charge in [-0.3, -0.25) is 0 Å². The lowest BCUT2D eigenvalue weighted by Crippen LogP contribution is -2.02. The Morgan fingerprint density at radius 2 is 2.00 bits per heavy atom. The molecule has 0 aliphatic rings. The Bertz CT molecular complexity index is 338. The Labute approximate surface area is 85.8 Å². The van der Waals surface area contributed by atoms with E-state index in [0.717, 1.165) is 4.47 Å². The first-order valence-corrected chi connectivity index (χ1v) is 4.59. The lowest BCUT2D eigenvalue weighted by molar-refractivity contribution is 0.0698. The number of hydrogen-bond donors (Lipinski definition) is 2. The van der Waals surface area contributed by atoms with E-state index in [9.17, 15) is 4.79 Å². The molecule has 3 nitrogen and oxygen atoms in total. The molecule has 0 saturated heterocycles. The summed E-state index contributed by atoms with van der Waals surface area (Å²) in [7, 11) is 0. The summed E-state index contributed by atoms with van der Waals surface area (Å²) in [4.78, 5) is 10.6. The van der Waals surface area contributed by atoms with E-state index in [1.165, 1.54) is 6.07 Å². The summed E-state index contributed by atoms with van der Waals surface area (Å²) in [6, 6.07) is 3.08. The largest absolute Gasteiger partial charge is 0.478 e. The van der Waals surface area contributed by atoms with Crippen LogP contribution in [0.3, 0.4) is 0 Å². The lowest BCUT2D eigenvalue weighted by atomic mass is 10.2. The van der Waals surface area contributed by atoms with Crippen LogP contribution in [0, 0.1) is 0 Å². The molecule has 1 aromatic carbocycles. The fourth-order valence-corrected chi connectivity index (χ4v) is 1.44. The Kier molecular flexibility index (Phi) is 2.74. The number of carbonyl (C=O) groups is 1. The van der Waals surface area contributed by atoms with Crippen LogP contribution in [0.1, 0.15) is 10.4 Å². The molecule has 3 N–H and O–H groups in total. The SMILES string of the molecule is Nc1c(C(=O)O)ccc(Br)c1Br. The zero-order valence-corrected chi connectivity index (χ0v) is 9.02. The fourth-order valence-electron chi connectivity index (χ4n) is 0.753. The standard InChI is InChI=1S/C7H5Br2NO2/c8-4-2-1-3(7(11)12)6(10)5(4)9/h1-2H,10H2,(H,11,12). The highest BCUT2D eigenvalue weighted by Crippen LogP contribution is 2.31. The number of nitrogens with two attached hydrogens (primary N) is 1. The van der Waals surface area contributed by atoms with Crippen LogP contribution in [0.15, 0.2) is 21.1 Å². The molecule has 12 heavy (non-hydrogen) atoms. The first kappa shape index (κ1) is 9.54. The second-order valence-corrected chi connectivity index (χ2v) is 3.78. The molecule has 0 aliphatic heterocycles. The first-order chi connectivity index (χ1) is 5.54. The number of carboxylic acid groups (broad SMARTS) is 1. The minimum absolute atomic E-state index is 0.102. The van der Waals surface area contributed by atoms with Gasteiger partial charge in [0.25, 0.3) is 0 Å². The summed E-state index contributed by atoms with van der Waals surface area (Å²) >= 11 is 6.37. The molecule has 0 radical (unpaired) electrons. The van der Waals surface area contributed by atoms with E-state index >= 15 is 0 Å². The van der Waals surface area contributed by atoms with Crippen molar-refractivity contribution in [3.05, 3.63) is 26.6 Å². The summed E-state index contributed by atoms with van der Waals surface area (Å²) in [5.74, 6) is -1.03. The minimum atomic E-state index is -1.03. The third kappa shape index (κ3) is 1.61. The van der Waals surface area contributed by atoms with Crippen molar-refractivity contribution in [2.24, 2.45) is 0 Å². The number of benzene rings is 1. The predicted molar refractivity (Wildman–Crippen MR) is 53.2 cm³/mol. The normalized spacial score (nSPS) is 9.83. The van der Waals surface area contributed by atoms with E-state index in [0.29, 0.717) is 4.47 Å². The van der Waals surface area contributed by atoms with Gasteiger partial charge in [0.05, 0.1) is 15.7 Å². The second kappa shape index (κ2) is 3.45. The maximum absolute atomic E-state index is 10.6. The van der Waals surface area contributed by atoms with Crippen LogP contribution in [-0.2, 0) is 0 Å². The van der Waals surface area contributed by atoms with Crippen molar-refractivity contribution in [2.75, 3.05) is 5.73 Å². The van der Waals surface area contributed by atoms with Crippen molar-refractivity contribution in [2.45, 2.75) is 0 Å². The van der Waals surface area contributed by atoms with Gasteiger partial charge >= 0.3 is 5.97 Å². The monoisotopic (exact) mass is 293 g/mol. The molecule has 0 amide bonds. The van der Waals surface area contributed by atoms with E-state index in [1.807, 2.05) is 0 Å². The number of aromatic carboxylic acids is 1. The van der Waals surface area contributed by atoms with Gasteiger partial charge in [-0.2, -0.15) is 0 Å². The molecule has 1 rings (SSSR count). The van der Waals surface area contributed by atoms with Crippen molar-refractivity contribution in [3.63, 3.8) is 0 Å². The van der Waals surface area contributed by atoms with Crippen molar-refractivity contribution >= 4 is 43.5 Å². The number of anilines is 1. The Balaban J connectivity index is 3.36. The molecule has 0 saturated carbocycles. The third-order valence-electron chi connectivity index (χ3n) is 1.36. The Morgan fingerprint density at radius 3 is 2.50 bits per heavy atom. The number of carboxylic acids is 1. The molecule has 5 heteroatoms. The van der Waals surface area contributed by atoms with Crippen molar-refractivity contribution in [3.8, 4) is 0 Å². The number of rotatable bonds is 1. The molecule has 0 aliphatic carbocycles. The van der Waals surface area contributed by atoms with Crippen LogP contribution >= 0.6 is 31.9 Å². The average Bonchev–Trinajstić information content (AvgIpc) is 2.00. The first-order valence-electron chi connectivity index (χ1n) is 3.01. The van der Waals surface area contributed by atoms with E-state index in [-0.39, 0.29) is 11.3 Å². The van der Waals surface area contributed by atoms with Gasteiger partial charge in [-0.05, 0) is 44.0 Å². The van der Waals surface area contributed by atoms with Crippen LogP contribution in [0.2, 0.25) is 0 Å². The highest BCUT2D eigenvalue weighted by Gasteiger charge is 2.11. The van der Waals surface area contributed by atoms with Crippen LogP contribution in [0.25, 0.3) is 0 Å². The minimum Gasteiger partial charge on any atom is -0.478 e. The van der Waals surface area contributed by atoms with Gasteiger partial charge in [-0.15, -0.1) is 0 Å². The van der Waals surface area contributed by atoms with Crippen molar-refractivity contribution in [1.82, 2.24) is 0 Å². The van der Waals surface area contributed by atoms with E-state index in [1.54, 1.807) is 6.07 Å². The van der Waals surface area contributed by atoms with Gasteiger partial charge in [-0.1, -0.05) is 0 Å². The highest BCUT2D eigenvalue weighted by atomic mass is 79.9. The summed E-state index contributed by atoms with van der Waals surface area (Å²) in [5.41, 5.74) is 5.86. The van der Waals surface area contributed by atoms with E-state index in [4.69, 9.17) is 10.8 Å². The third-order valence-corrected chi connectivity index (χ3v) is 3.41. The van der Waals surface area contributed by atoms with Gasteiger partial charge in [0, 0.05) is 4.47 Å². The molecule has 0 atom stereocenters. The maximum Gasteiger partial charge on any atom is 0.337 e. The van der Waals surface area contributed by atoms with Gasteiger partial charge in [0.1, 0.15) is 0 Å². The summed E-state index contributed by atoms with van der Waals surface area (Å²) in [6.45, 7) is 0. The van der Waals surface area contributed by atoms with Crippen LogP contribution in [-0.4, -0.2) is 11.1 Å². The fraction of sp³-hybridized carbons (Fsp3) is 0. The number of nitrogen functional groups attached to an aromatic ring is 1. The molecular formula is C7H5Br2NO2. The maximum atomic E-state index is 10.6. The zero-order chi connectivity index (χ0) is 9.30. The Morgan fingerprint density at radius 1 is 1.42 bits per heavy atom. The molecule has 0 fully saturated rings. The number of hydrogen-bond acceptors (Lipinski definition) is 2. The quantitative estimate of drug-likeness (QED) is 0.782. The molecular weight excluding hydrogens is 290 g/mol. The van der Waals surface area contributed by atoms with Crippen LogP contribution in [0.4, 0.5) is 5.69 Å². The van der Waals surface area contributed by atoms with Crippen molar-refractivity contribution < 1.29 is 9.90 Å². The highest BCUT2D eigenvalue weighted by molar-refractivity contribution is 9.13. The van der Waals surface area contributed by atoms with E-state index in [2.05, 4.69) is 31.9 Å². The topological polar surface area (TPSA) is 63.3 Å². The Hall–Kier alpha value is -0.550. The average molecular weight is 295 g/mol. The van der Waals surface area contributed by atoms with Crippen LogP contribution < -0.4 is 5.73 Å². The van der Waals surface area contributed by atoms with E-state index < -0.39 is 5.97 Å². The van der Waals surface area contributed by atoms with Gasteiger partial charge in [0.15, 0.2) is 0 Å². The number of halogens is 2. The van der Waals surface area contributed by atoms with Gasteiger partial charge < -0.3 is 10.8 Å². The molecule has 0 spiro atoms. The van der Waals surface area contributed by atoms with Gasteiger partial charge in [0.2, 0.25) is 0 Å². The van der Waals surface area contributed by atoms with Crippen LogP contribution in [0.5, 0.6) is 0 Å². The smallest absolute Gasteiger partial charge is 0.337 e. The molecule has 0 unspecified atom stereocenters. The molecule has 0 bridgehead atoms.